The van der Waals surface area contributed by atoms with E-state index in [-0.39, 0.29) is 5.91 Å². The summed E-state index contributed by atoms with van der Waals surface area (Å²) in [5.41, 5.74) is 5.83. The summed E-state index contributed by atoms with van der Waals surface area (Å²) in [6.07, 6.45) is 1.56. The molecule has 0 bridgehead atoms. The van der Waals surface area contributed by atoms with E-state index in [1.54, 1.807) is 30.5 Å². The molecule has 7 heteroatoms. The quantitative estimate of drug-likeness (QED) is 0.180. The molecule has 0 spiro atoms. The molecule has 0 heterocycles. The van der Waals surface area contributed by atoms with E-state index in [2.05, 4.69) is 26.5 Å². The van der Waals surface area contributed by atoms with E-state index >= 15 is 0 Å². The number of halogens is 2. The third-order valence-corrected chi connectivity index (χ3v) is 5.76. The lowest BCUT2D eigenvalue weighted by Gasteiger charge is -2.10. The first kappa shape index (κ1) is 24.5. The molecule has 4 aromatic rings. The van der Waals surface area contributed by atoms with E-state index in [1.165, 1.54) is 0 Å². The Kier molecular flexibility index (Phi) is 8.54. The van der Waals surface area contributed by atoms with Gasteiger partial charge in [0.2, 0.25) is 0 Å². The van der Waals surface area contributed by atoms with Gasteiger partial charge in [-0.2, -0.15) is 5.10 Å². The second-order valence-electron chi connectivity index (χ2n) is 7.60. The van der Waals surface area contributed by atoms with Gasteiger partial charge in [0.15, 0.2) is 0 Å². The molecule has 35 heavy (non-hydrogen) atoms. The first-order chi connectivity index (χ1) is 17.1. The van der Waals surface area contributed by atoms with E-state index in [1.807, 2.05) is 72.8 Å². The SMILES string of the molecule is O=C(N/N=C/c1cc(Br)ccc1OCc1ccccc1)c1ccc(OCc2ccc(Cl)cc2)cc1. The maximum Gasteiger partial charge on any atom is 0.271 e. The van der Waals surface area contributed by atoms with Crippen LogP contribution in [0.2, 0.25) is 5.02 Å². The van der Waals surface area contributed by atoms with E-state index in [0.717, 1.165) is 21.2 Å². The van der Waals surface area contributed by atoms with Crippen molar-refractivity contribution in [2.24, 2.45) is 5.10 Å². The van der Waals surface area contributed by atoms with Gasteiger partial charge >= 0.3 is 0 Å². The molecule has 176 valence electrons. The summed E-state index contributed by atoms with van der Waals surface area (Å²) in [4.78, 5) is 12.5. The molecule has 4 rings (SSSR count). The standard InChI is InChI=1S/C28H22BrClN2O3/c29-24-10-15-27(35-19-20-4-2-1-3-5-20)23(16-24)17-31-32-28(33)22-8-13-26(14-9-22)34-18-21-6-11-25(30)12-7-21/h1-17H,18-19H2,(H,32,33)/b31-17+. The molecule has 4 aromatic carbocycles. The number of carbonyl (C=O) groups is 1. The van der Waals surface area contributed by atoms with Gasteiger partial charge in [0.05, 0.1) is 6.21 Å². The van der Waals surface area contributed by atoms with Crippen LogP contribution in [0.3, 0.4) is 0 Å². The summed E-state index contributed by atoms with van der Waals surface area (Å²) in [6, 6.07) is 29.9. The molecule has 0 saturated heterocycles. The summed E-state index contributed by atoms with van der Waals surface area (Å²) in [7, 11) is 0. The predicted molar refractivity (Wildman–Crippen MR) is 142 cm³/mol. The Morgan fingerprint density at radius 1 is 0.857 bits per heavy atom. The topological polar surface area (TPSA) is 59.9 Å². The van der Waals surface area contributed by atoms with Gasteiger partial charge in [-0.05, 0) is 65.7 Å². The molecular weight excluding hydrogens is 528 g/mol. The molecule has 0 fully saturated rings. The number of nitrogens with one attached hydrogen (secondary N) is 1. The number of ether oxygens (including phenoxy) is 2. The van der Waals surface area contributed by atoms with Crippen molar-refractivity contribution in [1.82, 2.24) is 5.43 Å². The van der Waals surface area contributed by atoms with Crippen LogP contribution in [0.1, 0.15) is 27.0 Å². The highest BCUT2D eigenvalue weighted by Crippen LogP contribution is 2.23. The predicted octanol–water partition coefficient (Wildman–Crippen LogP) is 7.02. The minimum atomic E-state index is -0.327. The molecule has 0 radical (unpaired) electrons. The van der Waals surface area contributed by atoms with Gasteiger partial charge in [0.25, 0.3) is 5.91 Å². The van der Waals surface area contributed by atoms with E-state index < -0.39 is 0 Å². The largest absolute Gasteiger partial charge is 0.489 e. The molecular formula is C28H22BrClN2O3. The van der Waals surface area contributed by atoms with Gasteiger partial charge in [0.1, 0.15) is 24.7 Å². The van der Waals surface area contributed by atoms with Crippen molar-refractivity contribution in [3.63, 3.8) is 0 Å². The lowest BCUT2D eigenvalue weighted by molar-refractivity contribution is 0.0955. The van der Waals surface area contributed by atoms with Gasteiger partial charge in [-0.3, -0.25) is 4.79 Å². The maximum atomic E-state index is 12.5. The number of hydrogen-bond donors (Lipinski definition) is 1. The Hall–Kier alpha value is -3.61. The van der Waals surface area contributed by atoms with Crippen LogP contribution in [-0.2, 0) is 13.2 Å². The smallest absolute Gasteiger partial charge is 0.271 e. The normalized spacial score (nSPS) is 10.8. The number of benzene rings is 4. The number of amides is 1. The highest BCUT2D eigenvalue weighted by atomic mass is 79.9. The average molecular weight is 550 g/mol. The minimum Gasteiger partial charge on any atom is -0.489 e. The second kappa shape index (κ2) is 12.2. The Bertz CT molecular complexity index is 1290. The fourth-order valence-electron chi connectivity index (χ4n) is 3.16. The van der Waals surface area contributed by atoms with Crippen LogP contribution in [0.5, 0.6) is 11.5 Å². The van der Waals surface area contributed by atoms with Crippen molar-refractivity contribution < 1.29 is 14.3 Å². The van der Waals surface area contributed by atoms with Crippen molar-refractivity contribution in [3.8, 4) is 11.5 Å². The van der Waals surface area contributed by atoms with Crippen molar-refractivity contribution in [1.29, 1.82) is 0 Å². The molecule has 0 aliphatic carbocycles. The summed E-state index contributed by atoms with van der Waals surface area (Å²) in [5, 5.41) is 4.80. The fraction of sp³-hybridized carbons (Fsp3) is 0.0714. The van der Waals surface area contributed by atoms with Gasteiger partial charge in [0, 0.05) is 20.6 Å². The van der Waals surface area contributed by atoms with Crippen LogP contribution >= 0.6 is 27.5 Å². The number of hydrazone groups is 1. The molecule has 0 aromatic heterocycles. The van der Waals surface area contributed by atoms with Crippen molar-refractivity contribution >= 4 is 39.7 Å². The molecule has 0 aliphatic rings. The summed E-state index contributed by atoms with van der Waals surface area (Å²) in [6.45, 7) is 0.844. The maximum absolute atomic E-state index is 12.5. The Morgan fingerprint density at radius 3 is 2.29 bits per heavy atom. The average Bonchev–Trinajstić information content (AvgIpc) is 2.89. The number of hydrogen-bond acceptors (Lipinski definition) is 4. The van der Waals surface area contributed by atoms with Gasteiger partial charge in [-0.15, -0.1) is 0 Å². The number of carbonyl (C=O) groups excluding carboxylic acids is 1. The van der Waals surface area contributed by atoms with Crippen molar-refractivity contribution in [2.45, 2.75) is 13.2 Å². The number of rotatable bonds is 9. The van der Waals surface area contributed by atoms with E-state index in [9.17, 15) is 4.79 Å². The molecule has 0 aliphatic heterocycles. The van der Waals surface area contributed by atoms with E-state index in [4.69, 9.17) is 21.1 Å². The van der Waals surface area contributed by atoms with E-state index in [0.29, 0.717) is 35.3 Å². The molecule has 1 N–H and O–H groups in total. The monoisotopic (exact) mass is 548 g/mol. The van der Waals surface area contributed by atoms with Gasteiger partial charge in [-0.25, -0.2) is 5.43 Å². The number of nitrogens with zero attached hydrogens (tertiary/aromatic N) is 1. The van der Waals surface area contributed by atoms with Crippen LogP contribution in [0.4, 0.5) is 0 Å². The summed E-state index contributed by atoms with van der Waals surface area (Å²) >= 11 is 9.37. The van der Waals surface area contributed by atoms with Crippen LogP contribution < -0.4 is 14.9 Å². The lowest BCUT2D eigenvalue weighted by Crippen LogP contribution is -2.17. The zero-order valence-electron chi connectivity index (χ0n) is 18.7. The third-order valence-electron chi connectivity index (χ3n) is 5.01. The molecule has 0 atom stereocenters. The first-order valence-corrected chi connectivity index (χ1v) is 12.0. The Morgan fingerprint density at radius 2 is 1.54 bits per heavy atom. The lowest BCUT2D eigenvalue weighted by atomic mass is 10.2. The third kappa shape index (κ3) is 7.44. The van der Waals surface area contributed by atoms with Gasteiger partial charge < -0.3 is 9.47 Å². The first-order valence-electron chi connectivity index (χ1n) is 10.8. The van der Waals surface area contributed by atoms with Crippen molar-refractivity contribution in [3.05, 3.63) is 129 Å². The van der Waals surface area contributed by atoms with Crippen LogP contribution in [0, 0.1) is 0 Å². The Labute approximate surface area is 217 Å². The minimum absolute atomic E-state index is 0.327. The Balaban J connectivity index is 1.33. The molecule has 1 amide bonds. The highest BCUT2D eigenvalue weighted by Gasteiger charge is 2.07. The van der Waals surface area contributed by atoms with Crippen LogP contribution in [0.15, 0.2) is 107 Å². The second-order valence-corrected chi connectivity index (χ2v) is 8.95. The fourth-order valence-corrected chi connectivity index (χ4v) is 3.67. The summed E-state index contributed by atoms with van der Waals surface area (Å²) in [5.74, 6) is 0.999. The highest BCUT2D eigenvalue weighted by molar-refractivity contribution is 9.10. The van der Waals surface area contributed by atoms with Crippen LogP contribution in [0.25, 0.3) is 0 Å². The van der Waals surface area contributed by atoms with Gasteiger partial charge in [-0.1, -0.05) is 70.0 Å². The zero-order chi connectivity index (χ0) is 24.5. The van der Waals surface area contributed by atoms with Crippen molar-refractivity contribution in [2.75, 3.05) is 0 Å². The van der Waals surface area contributed by atoms with Crippen LogP contribution in [-0.4, -0.2) is 12.1 Å². The molecule has 0 unspecified atom stereocenters. The molecule has 0 saturated carbocycles. The summed E-state index contributed by atoms with van der Waals surface area (Å²) < 4.78 is 12.6. The zero-order valence-corrected chi connectivity index (χ0v) is 21.0. The molecule has 5 nitrogen and oxygen atoms in total.